The molecule has 0 amide bonds. The van der Waals surface area contributed by atoms with E-state index in [0.29, 0.717) is 11.5 Å². The van der Waals surface area contributed by atoms with Crippen molar-refractivity contribution in [1.29, 1.82) is 0 Å². The molecule has 2 aromatic carbocycles. The predicted octanol–water partition coefficient (Wildman–Crippen LogP) is 1.94. The van der Waals surface area contributed by atoms with Crippen molar-refractivity contribution in [1.82, 2.24) is 4.72 Å². The molecule has 0 saturated carbocycles. The van der Waals surface area contributed by atoms with Crippen molar-refractivity contribution in [3.05, 3.63) is 59.7 Å². The fraction of sp³-hybridized carbons (Fsp3) is 0.250. The number of hydrogen-bond donors (Lipinski definition) is 2. The third-order valence-electron chi connectivity index (χ3n) is 3.58. The van der Waals surface area contributed by atoms with Crippen molar-refractivity contribution in [2.75, 3.05) is 0 Å². The Morgan fingerprint density at radius 1 is 0.875 bits per heavy atom. The van der Waals surface area contributed by atoms with E-state index in [4.69, 9.17) is 5.14 Å². The Bertz CT molecular complexity index is 902. The van der Waals surface area contributed by atoms with Gasteiger partial charge in [-0.25, -0.2) is 26.7 Å². The van der Waals surface area contributed by atoms with Gasteiger partial charge < -0.3 is 0 Å². The first-order valence-electron chi connectivity index (χ1n) is 7.31. The van der Waals surface area contributed by atoms with Crippen LogP contribution in [-0.4, -0.2) is 16.8 Å². The SMILES string of the molecule is CC(C)c1ccc(S(=O)(=O)NCc2ccc(S(N)(=O)=O)cc2)cc1. The van der Waals surface area contributed by atoms with Gasteiger partial charge in [-0.05, 0) is 41.3 Å². The molecule has 0 atom stereocenters. The van der Waals surface area contributed by atoms with Gasteiger partial charge >= 0.3 is 0 Å². The van der Waals surface area contributed by atoms with E-state index in [2.05, 4.69) is 4.72 Å². The van der Waals surface area contributed by atoms with Crippen LogP contribution in [0.2, 0.25) is 0 Å². The highest BCUT2D eigenvalue weighted by molar-refractivity contribution is 7.89. The summed E-state index contributed by atoms with van der Waals surface area (Å²) in [6.45, 7) is 4.12. The van der Waals surface area contributed by atoms with Crippen molar-refractivity contribution in [3.8, 4) is 0 Å². The summed E-state index contributed by atoms with van der Waals surface area (Å²) in [6, 6.07) is 12.4. The lowest BCUT2D eigenvalue weighted by molar-refractivity contribution is 0.581. The standard InChI is InChI=1S/C16H20N2O4S2/c1-12(2)14-5-9-16(10-6-14)24(21,22)18-11-13-3-7-15(8-4-13)23(17,19)20/h3-10,12,18H,11H2,1-2H3,(H2,17,19,20). The van der Waals surface area contributed by atoms with E-state index in [9.17, 15) is 16.8 Å². The Kier molecular flexibility index (Phi) is 5.44. The molecular formula is C16H20N2O4S2. The minimum absolute atomic E-state index is 0.0154. The summed E-state index contributed by atoms with van der Waals surface area (Å²) >= 11 is 0. The van der Waals surface area contributed by atoms with Crippen LogP contribution in [-0.2, 0) is 26.6 Å². The maximum Gasteiger partial charge on any atom is 0.240 e. The molecule has 0 heterocycles. The molecule has 2 aromatic rings. The Balaban J connectivity index is 2.10. The van der Waals surface area contributed by atoms with Crippen molar-refractivity contribution in [3.63, 3.8) is 0 Å². The second-order valence-corrected chi connectivity index (χ2v) is 9.07. The molecule has 0 aromatic heterocycles. The van der Waals surface area contributed by atoms with Crippen LogP contribution < -0.4 is 9.86 Å². The molecule has 2 rings (SSSR count). The summed E-state index contributed by atoms with van der Waals surface area (Å²) in [6.07, 6.45) is 0. The highest BCUT2D eigenvalue weighted by Crippen LogP contribution is 2.17. The summed E-state index contributed by atoms with van der Waals surface area (Å²) in [4.78, 5) is 0.173. The summed E-state index contributed by atoms with van der Waals surface area (Å²) in [5.74, 6) is 0.326. The summed E-state index contributed by atoms with van der Waals surface area (Å²) in [5, 5.41) is 5.02. The summed E-state index contributed by atoms with van der Waals surface area (Å²) < 4.78 is 49.4. The van der Waals surface area contributed by atoms with Gasteiger partial charge in [-0.3, -0.25) is 0 Å². The molecule has 6 nitrogen and oxygen atoms in total. The summed E-state index contributed by atoms with van der Waals surface area (Å²) in [5.41, 5.74) is 1.69. The quantitative estimate of drug-likeness (QED) is 0.812. The van der Waals surface area contributed by atoms with Crippen molar-refractivity contribution >= 4 is 20.0 Å². The molecule has 0 aliphatic rings. The van der Waals surface area contributed by atoms with E-state index in [-0.39, 0.29) is 16.3 Å². The molecule has 24 heavy (non-hydrogen) atoms. The zero-order valence-corrected chi connectivity index (χ0v) is 15.1. The first-order chi connectivity index (χ1) is 11.1. The van der Waals surface area contributed by atoms with Gasteiger partial charge in [-0.1, -0.05) is 38.1 Å². The minimum atomic E-state index is -3.76. The second-order valence-electron chi connectivity index (χ2n) is 5.74. The Labute approximate surface area is 142 Å². The maximum absolute atomic E-state index is 12.3. The first-order valence-corrected chi connectivity index (χ1v) is 10.3. The van der Waals surface area contributed by atoms with E-state index in [1.54, 1.807) is 24.3 Å². The van der Waals surface area contributed by atoms with Gasteiger partial charge in [0, 0.05) is 6.54 Å². The van der Waals surface area contributed by atoms with Gasteiger partial charge in [0.25, 0.3) is 0 Å². The number of nitrogens with two attached hydrogens (primary N) is 1. The molecule has 0 aliphatic carbocycles. The van der Waals surface area contributed by atoms with Crippen molar-refractivity contribution < 1.29 is 16.8 Å². The molecule has 0 bridgehead atoms. The fourth-order valence-corrected chi connectivity index (χ4v) is 3.62. The maximum atomic E-state index is 12.3. The fourth-order valence-electron chi connectivity index (χ4n) is 2.09. The van der Waals surface area contributed by atoms with Crippen LogP contribution in [0.1, 0.15) is 30.9 Å². The van der Waals surface area contributed by atoms with E-state index < -0.39 is 20.0 Å². The molecule has 3 N–H and O–H groups in total. The average molecular weight is 368 g/mol. The molecule has 0 saturated heterocycles. The lowest BCUT2D eigenvalue weighted by Gasteiger charge is -2.09. The highest BCUT2D eigenvalue weighted by Gasteiger charge is 2.14. The van der Waals surface area contributed by atoms with Gasteiger partial charge in [-0.15, -0.1) is 0 Å². The van der Waals surface area contributed by atoms with Crippen LogP contribution >= 0.6 is 0 Å². The third-order valence-corrected chi connectivity index (χ3v) is 5.92. The normalized spacial score (nSPS) is 12.5. The van der Waals surface area contributed by atoms with Gasteiger partial charge in [0.1, 0.15) is 0 Å². The molecule has 0 fully saturated rings. The minimum Gasteiger partial charge on any atom is -0.225 e. The van der Waals surface area contributed by atoms with Crippen molar-refractivity contribution in [2.45, 2.75) is 36.1 Å². The van der Waals surface area contributed by atoms with Crippen LogP contribution in [0.4, 0.5) is 0 Å². The molecular weight excluding hydrogens is 348 g/mol. The highest BCUT2D eigenvalue weighted by atomic mass is 32.2. The number of benzene rings is 2. The summed E-state index contributed by atoms with van der Waals surface area (Å²) in [7, 11) is -7.39. The van der Waals surface area contributed by atoms with Crippen LogP contribution in [0.5, 0.6) is 0 Å². The Hall–Kier alpha value is -1.74. The number of rotatable bonds is 6. The van der Waals surface area contributed by atoms with Gasteiger partial charge in [0.05, 0.1) is 9.79 Å². The van der Waals surface area contributed by atoms with Crippen molar-refractivity contribution in [2.24, 2.45) is 5.14 Å². The van der Waals surface area contributed by atoms with E-state index in [0.717, 1.165) is 5.56 Å². The van der Waals surface area contributed by atoms with Crippen LogP contribution in [0.25, 0.3) is 0 Å². The topological polar surface area (TPSA) is 106 Å². The number of sulfonamides is 2. The van der Waals surface area contributed by atoms with E-state index in [1.807, 2.05) is 13.8 Å². The zero-order valence-electron chi connectivity index (χ0n) is 13.4. The average Bonchev–Trinajstić information content (AvgIpc) is 2.52. The van der Waals surface area contributed by atoms with Crippen LogP contribution in [0.3, 0.4) is 0 Å². The molecule has 0 spiro atoms. The van der Waals surface area contributed by atoms with Crippen LogP contribution in [0, 0.1) is 0 Å². The van der Waals surface area contributed by atoms with Gasteiger partial charge in [-0.2, -0.15) is 0 Å². The molecule has 8 heteroatoms. The Morgan fingerprint density at radius 2 is 1.38 bits per heavy atom. The van der Waals surface area contributed by atoms with Crippen LogP contribution in [0.15, 0.2) is 58.3 Å². The van der Waals surface area contributed by atoms with Gasteiger partial charge in [0.15, 0.2) is 0 Å². The van der Waals surface area contributed by atoms with E-state index in [1.165, 1.54) is 24.3 Å². The molecule has 0 radical (unpaired) electrons. The smallest absolute Gasteiger partial charge is 0.225 e. The number of primary sulfonamides is 1. The third kappa shape index (κ3) is 4.64. The largest absolute Gasteiger partial charge is 0.240 e. The zero-order chi connectivity index (χ0) is 18.0. The lowest BCUT2D eigenvalue weighted by atomic mass is 10.0. The number of nitrogens with one attached hydrogen (secondary N) is 1. The molecule has 0 unspecified atom stereocenters. The first kappa shape index (κ1) is 18.6. The second kappa shape index (κ2) is 7.02. The molecule has 0 aliphatic heterocycles. The monoisotopic (exact) mass is 368 g/mol. The van der Waals surface area contributed by atoms with Gasteiger partial charge in [0.2, 0.25) is 20.0 Å². The predicted molar refractivity (Wildman–Crippen MR) is 92.4 cm³/mol. The molecule has 130 valence electrons. The lowest BCUT2D eigenvalue weighted by Crippen LogP contribution is -2.23. The number of hydrogen-bond acceptors (Lipinski definition) is 4. The van der Waals surface area contributed by atoms with E-state index >= 15 is 0 Å². The Morgan fingerprint density at radius 3 is 1.83 bits per heavy atom.